The van der Waals surface area contributed by atoms with Crippen LogP contribution in [0.1, 0.15) is 96.0 Å². The minimum atomic E-state index is -0.887. The highest BCUT2D eigenvalue weighted by atomic mass is 19.2. The highest BCUT2D eigenvalue weighted by molar-refractivity contribution is 5.65. The Hall–Kier alpha value is -1.90. The van der Waals surface area contributed by atoms with Crippen LogP contribution in [0.15, 0.2) is 36.4 Å². The molecule has 0 spiro atoms. The van der Waals surface area contributed by atoms with E-state index in [2.05, 4.69) is 26.0 Å². The molecule has 1 fully saturated rings. The molecule has 0 aromatic heterocycles. The van der Waals surface area contributed by atoms with E-state index >= 15 is 0 Å². The van der Waals surface area contributed by atoms with Crippen molar-refractivity contribution in [3.63, 3.8) is 0 Å². The van der Waals surface area contributed by atoms with Gasteiger partial charge in [-0.15, -0.1) is 0 Å². The highest BCUT2D eigenvalue weighted by Crippen LogP contribution is 2.38. The Bertz CT molecular complexity index is 791. The Balaban J connectivity index is 1.60. The molecule has 3 rings (SSSR count). The molecule has 2 aromatic carbocycles. The summed E-state index contributed by atoms with van der Waals surface area (Å²) in [5.74, 6) is -0.219. The second kappa shape index (κ2) is 12.2. The van der Waals surface area contributed by atoms with Gasteiger partial charge in [-0.25, -0.2) is 4.39 Å². The van der Waals surface area contributed by atoms with Crippen LogP contribution in [0, 0.1) is 17.6 Å². The van der Waals surface area contributed by atoms with Gasteiger partial charge in [0.1, 0.15) is 0 Å². The number of ether oxygens (including phenoxy) is 1. The van der Waals surface area contributed by atoms with Gasteiger partial charge in [0.05, 0.1) is 6.61 Å². The fourth-order valence-electron chi connectivity index (χ4n) is 4.79. The average Bonchev–Trinajstić information content (AvgIpc) is 2.81. The van der Waals surface area contributed by atoms with Gasteiger partial charge in [0.15, 0.2) is 11.6 Å². The van der Waals surface area contributed by atoms with Gasteiger partial charge < -0.3 is 4.74 Å². The smallest absolute Gasteiger partial charge is 0.201 e. The van der Waals surface area contributed by atoms with Crippen molar-refractivity contribution in [1.29, 1.82) is 0 Å². The molecule has 0 heterocycles. The molecule has 3 heteroatoms. The van der Waals surface area contributed by atoms with Gasteiger partial charge in [0, 0.05) is 5.56 Å². The summed E-state index contributed by atoms with van der Waals surface area (Å²) in [5.41, 5.74) is 2.34. The third-order valence-electron chi connectivity index (χ3n) is 6.81. The molecule has 31 heavy (non-hydrogen) atoms. The average molecular weight is 429 g/mol. The lowest BCUT2D eigenvalue weighted by Gasteiger charge is -2.29. The van der Waals surface area contributed by atoms with Crippen molar-refractivity contribution >= 4 is 0 Å². The van der Waals surface area contributed by atoms with E-state index in [4.69, 9.17) is 4.74 Å². The summed E-state index contributed by atoms with van der Waals surface area (Å²) in [7, 11) is 0. The number of benzene rings is 2. The van der Waals surface area contributed by atoms with E-state index in [1.165, 1.54) is 50.5 Å². The van der Waals surface area contributed by atoms with Gasteiger partial charge in [0.2, 0.25) is 5.82 Å². The quantitative estimate of drug-likeness (QED) is 0.324. The number of unbranched alkanes of at least 4 members (excludes halogenated alkanes) is 4. The van der Waals surface area contributed by atoms with Gasteiger partial charge in [0.25, 0.3) is 0 Å². The normalized spacial score (nSPS) is 18.8. The predicted molar refractivity (Wildman–Crippen MR) is 126 cm³/mol. The Morgan fingerprint density at radius 2 is 1.48 bits per heavy atom. The fraction of sp³-hybridized carbons (Fsp3) is 0.571. The summed E-state index contributed by atoms with van der Waals surface area (Å²) in [6, 6.07) is 11.2. The molecule has 0 saturated heterocycles. The Kier molecular flexibility index (Phi) is 9.36. The number of rotatable bonds is 11. The molecule has 0 aliphatic heterocycles. The van der Waals surface area contributed by atoms with Crippen LogP contribution < -0.4 is 4.74 Å². The first-order chi connectivity index (χ1) is 15.1. The lowest BCUT2D eigenvalue weighted by Crippen LogP contribution is -2.13. The lowest BCUT2D eigenvalue weighted by atomic mass is 9.77. The summed E-state index contributed by atoms with van der Waals surface area (Å²) >= 11 is 0. The summed E-state index contributed by atoms with van der Waals surface area (Å²) in [6.45, 7) is 4.82. The second-order valence-corrected chi connectivity index (χ2v) is 9.13. The van der Waals surface area contributed by atoms with Crippen molar-refractivity contribution in [3.8, 4) is 16.9 Å². The standard InChI is InChI=1S/C28H38F2O/c1-3-5-7-8-20-31-26-19-18-25(27(29)28(26)30)24-16-14-23(15-17-24)22-12-10-21(11-13-22)9-6-4-2/h14-19,21-22H,3-13,20H2,1-2H3. The molecule has 2 aromatic rings. The molecule has 0 amide bonds. The molecule has 1 nitrogen and oxygen atoms in total. The Labute approximate surface area is 187 Å². The van der Waals surface area contributed by atoms with Gasteiger partial charge in [-0.05, 0) is 67.2 Å². The van der Waals surface area contributed by atoms with Gasteiger partial charge in [-0.3, -0.25) is 0 Å². The lowest BCUT2D eigenvalue weighted by molar-refractivity contribution is 0.285. The van der Waals surface area contributed by atoms with Crippen molar-refractivity contribution in [1.82, 2.24) is 0 Å². The van der Waals surface area contributed by atoms with Crippen molar-refractivity contribution in [2.75, 3.05) is 6.61 Å². The highest BCUT2D eigenvalue weighted by Gasteiger charge is 2.22. The third-order valence-corrected chi connectivity index (χ3v) is 6.81. The summed E-state index contributed by atoms with van der Waals surface area (Å²) < 4.78 is 34.7. The topological polar surface area (TPSA) is 9.23 Å². The molecule has 1 aliphatic carbocycles. The summed E-state index contributed by atoms with van der Waals surface area (Å²) in [5, 5.41) is 0. The molecule has 0 unspecified atom stereocenters. The minimum Gasteiger partial charge on any atom is -0.490 e. The molecule has 1 saturated carbocycles. The zero-order valence-electron chi connectivity index (χ0n) is 19.3. The molecule has 1 aliphatic rings. The number of hydrogen-bond donors (Lipinski definition) is 0. The van der Waals surface area contributed by atoms with Gasteiger partial charge >= 0.3 is 0 Å². The summed E-state index contributed by atoms with van der Waals surface area (Å²) in [4.78, 5) is 0. The van der Waals surface area contributed by atoms with E-state index in [-0.39, 0.29) is 5.75 Å². The molecule has 0 radical (unpaired) electrons. The van der Waals surface area contributed by atoms with E-state index in [9.17, 15) is 8.78 Å². The van der Waals surface area contributed by atoms with E-state index in [0.29, 0.717) is 23.7 Å². The fourth-order valence-corrected chi connectivity index (χ4v) is 4.79. The minimum absolute atomic E-state index is 0.00852. The van der Waals surface area contributed by atoms with Crippen LogP contribution in [0.2, 0.25) is 0 Å². The van der Waals surface area contributed by atoms with Crippen LogP contribution in [0.25, 0.3) is 11.1 Å². The Morgan fingerprint density at radius 1 is 0.774 bits per heavy atom. The first-order valence-corrected chi connectivity index (χ1v) is 12.3. The van der Waals surface area contributed by atoms with Crippen molar-refractivity contribution in [3.05, 3.63) is 53.6 Å². The van der Waals surface area contributed by atoms with E-state index in [1.54, 1.807) is 12.1 Å². The maximum Gasteiger partial charge on any atom is 0.201 e. The van der Waals surface area contributed by atoms with Crippen molar-refractivity contribution < 1.29 is 13.5 Å². The maximum absolute atomic E-state index is 14.7. The molecule has 0 N–H and O–H groups in total. The van der Waals surface area contributed by atoms with E-state index < -0.39 is 11.6 Å². The molecular formula is C28H38F2O. The van der Waals surface area contributed by atoms with Crippen molar-refractivity contribution in [2.45, 2.75) is 90.4 Å². The van der Waals surface area contributed by atoms with Crippen LogP contribution in [-0.2, 0) is 0 Å². The second-order valence-electron chi connectivity index (χ2n) is 9.13. The first kappa shape index (κ1) is 23.8. The van der Waals surface area contributed by atoms with Crippen LogP contribution >= 0.6 is 0 Å². The molecule has 0 bridgehead atoms. The first-order valence-electron chi connectivity index (χ1n) is 12.3. The largest absolute Gasteiger partial charge is 0.490 e. The van der Waals surface area contributed by atoms with Crippen LogP contribution in [-0.4, -0.2) is 6.61 Å². The summed E-state index contributed by atoms with van der Waals surface area (Å²) in [6.07, 6.45) is 13.3. The number of halogens is 2. The van der Waals surface area contributed by atoms with Crippen molar-refractivity contribution in [2.24, 2.45) is 5.92 Å². The van der Waals surface area contributed by atoms with Crippen LogP contribution in [0.5, 0.6) is 5.75 Å². The zero-order chi connectivity index (χ0) is 22.1. The van der Waals surface area contributed by atoms with Crippen LogP contribution in [0.4, 0.5) is 8.78 Å². The SMILES string of the molecule is CCCCCCOc1ccc(-c2ccc(C3CCC(CCCC)CC3)cc2)c(F)c1F. The number of hydrogen-bond acceptors (Lipinski definition) is 1. The third kappa shape index (κ3) is 6.54. The molecule has 0 atom stereocenters. The maximum atomic E-state index is 14.7. The monoisotopic (exact) mass is 428 g/mol. The van der Waals surface area contributed by atoms with E-state index in [1.807, 2.05) is 12.1 Å². The Morgan fingerprint density at radius 3 is 2.16 bits per heavy atom. The van der Waals surface area contributed by atoms with Gasteiger partial charge in [-0.1, -0.05) is 76.6 Å². The molecule has 170 valence electrons. The predicted octanol–water partition coefficient (Wildman–Crippen LogP) is 9.05. The molecular weight excluding hydrogens is 390 g/mol. The van der Waals surface area contributed by atoms with Gasteiger partial charge in [-0.2, -0.15) is 4.39 Å². The van der Waals surface area contributed by atoms with E-state index in [0.717, 1.165) is 31.6 Å². The van der Waals surface area contributed by atoms with Crippen LogP contribution in [0.3, 0.4) is 0 Å². The zero-order valence-corrected chi connectivity index (χ0v) is 19.3.